The Hall–Kier alpha value is -1.59. The molecule has 1 unspecified atom stereocenters. The summed E-state index contributed by atoms with van der Waals surface area (Å²) in [5, 5.41) is 0. The highest BCUT2D eigenvalue weighted by Gasteiger charge is 2.30. The molecule has 0 radical (unpaired) electrons. The van der Waals surface area contributed by atoms with Crippen LogP contribution >= 0.6 is 0 Å². The Bertz CT molecular complexity index is 373. The largest absolute Gasteiger partial charge is 0.417 e. The summed E-state index contributed by atoms with van der Waals surface area (Å²) >= 11 is 0. The maximum Gasteiger partial charge on any atom is 0.417 e. The van der Waals surface area contributed by atoms with Gasteiger partial charge in [-0.15, -0.1) is 0 Å². The van der Waals surface area contributed by atoms with E-state index in [4.69, 9.17) is 5.73 Å². The number of alkyl halides is 3. The second kappa shape index (κ2) is 4.51. The second-order valence-electron chi connectivity index (χ2n) is 3.54. The highest BCUT2D eigenvalue weighted by atomic mass is 19.4. The number of pyridine rings is 1. The van der Waals surface area contributed by atoms with E-state index < -0.39 is 17.6 Å². The van der Waals surface area contributed by atoms with Crippen molar-refractivity contribution >= 4 is 5.91 Å². The molecule has 0 bridgehead atoms. The number of carbonyl (C=O) groups is 1. The Morgan fingerprint density at radius 1 is 1.50 bits per heavy atom. The molecule has 6 heteroatoms. The zero-order valence-electron chi connectivity index (χ0n) is 8.58. The molecule has 0 aliphatic rings. The smallest absolute Gasteiger partial charge is 0.370 e. The lowest BCUT2D eigenvalue weighted by Crippen LogP contribution is -2.14. The number of nitrogens with two attached hydrogens (primary N) is 1. The van der Waals surface area contributed by atoms with Crippen LogP contribution in [0.1, 0.15) is 30.5 Å². The van der Waals surface area contributed by atoms with Gasteiger partial charge in [0, 0.05) is 24.2 Å². The Morgan fingerprint density at radius 3 is 2.50 bits per heavy atom. The molecule has 0 aliphatic carbocycles. The van der Waals surface area contributed by atoms with Crippen LogP contribution in [-0.2, 0) is 11.0 Å². The molecule has 0 spiro atoms. The molecule has 1 amide bonds. The molecule has 0 fully saturated rings. The number of carbonyl (C=O) groups excluding carboxylic acids is 1. The molecule has 88 valence electrons. The van der Waals surface area contributed by atoms with Gasteiger partial charge in [0.15, 0.2) is 0 Å². The highest BCUT2D eigenvalue weighted by molar-refractivity contribution is 5.74. The van der Waals surface area contributed by atoms with Crippen molar-refractivity contribution in [2.24, 2.45) is 5.73 Å². The number of nitrogens with zero attached hydrogens (tertiary/aromatic N) is 1. The molecule has 16 heavy (non-hydrogen) atoms. The predicted octanol–water partition coefficient (Wildman–Crippen LogP) is 2.08. The van der Waals surface area contributed by atoms with E-state index in [2.05, 4.69) is 4.98 Å². The summed E-state index contributed by atoms with van der Waals surface area (Å²) in [6, 6.07) is 2.20. The van der Waals surface area contributed by atoms with E-state index in [-0.39, 0.29) is 12.3 Å². The summed E-state index contributed by atoms with van der Waals surface area (Å²) in [6.07, 6.45) is -3.57. The molecule has 1 aromatic rings. The number of hydrogen-bond donors (Lipinski definition) is 1. The first-order valence-corrected chi connectivity index (χ1v) is 4.62. The van der Waals surface area contributed by atoms with Crippen molar-refractivity contribution in [3.8, 4) is 0 Å². The first-order valence-electron chi connectivity index (χ1n) is 4.62. The monoisotopic (exact) mass is 232 g/mol. The van der Waals surface area contributed by atoms with E-state index in [1.54, 1.807) is 6.92 Å². The van der Waals surface area contributed by atoms with Gasteiger partial charge in [-0.05, 0) is 12.1 Å². The zero-order valence-corrected chi connectivity index (χ0v) is 8.58. The Kier molecular flexibility index (Phi) is 3.51. The molecule has 1 heterocycles. The Balaban J connectivity index is 2.83. The molecule has 0 saturated heterocycles. The molecule has 1 rings (SSSR count). The number of halogens is 3. The normalized spacial score (nSPS) is 13.5. The van der Waals surface area contributed by atoms with Crippen LogP contribution < -0.4 is 5.73 Å². The fraction of sp³-hybridized carbons (Fsp3) is 0.400. The summed E-state index contributed by atoms with van der Waals surface area (Å²) < 4.78 is 36.7. The summed E-state index contributed by atoms with van der Waals surface area (Å²) in [5.41, 5.74) is 4.60. The van der Waals surface area contributed by atoms with Gasteiger partial charge in [0.05, 0.1) is 5.56 Å². The fourth-order valence-electron chi connectivity index (χ4n) is 1.27. The highest BCUT2D eigenvalue weighted by Crippen LogP contribution is 2.29. The molecule has 2 N–H and O–H groups in total. The van der Waals surface area contributed by atoms with E-state index in [0.717, 1.165) is 12.3 Å². The van der Waals surface area contributed by atoms with Crippen LogP contribution in [0, 0.1) is 0 Å². The SMILES string of the molecule is CC(CC(N)=O)c1ccc(C(F)(F)F)cn1. The summed E-state index contributed by atoms with van der Waals surface area (Å²) in [5.74, 6) is -0.783. The van der Waals surface area contributed by atoms with E-state index in [1.807, 2.05) is 0 Å². The van der Waals surface area contributed by atoms with Crippen LogP contribution in [0.4, 0.5) is 13.2 Å². The molecule has 0 aliphatic heterocycles. The average Bonchev–Trinajstić information content (AvgIpc) is 2.15. The maximum atomic E-state index is 12.2. The zero-order chi connectivity index (χ0) is 12.3. The molecule has 0 saturated carbocycles. The lowest BCUT2D eigenvalue weighted by Gasteiger charge is -2.10. The summed E-state index contributed by atoms with van der Waals surface area (Å²) in [6.45, 7) is 1.68. The third-order valence-electron chi connectivity index (χ3n) is 2.13. The van der Waals surface area contributed by atoms with E-state index >= 15 is 0 Å². The standard InChI is InChI=1S/C10H11F3N2O/c1-6(4-9(14)16)8-3-2-7(5-15-8)10(11,12)13/h2-3,5-6H,4H2,1H3,(H2,14,16). The minimum Gasteiger partial charge on any atom is -0.370 e. The molecule has 1 atom stereocenters. The second-order valence-corrected chi connectivity index (χ2v) is 3.54. The summed E-state index contributed by atoms with van der Waals surface area (Å²) in [7, 11) is 0. The van der Waals surface area contributed by atoms with Crippen LogP contribution in [0.15, 0.2) is 18.3 Å². The van der Waals surface area contributed by atoms with Crippen LogP contribution in [0.5, 0.6) is 0 Å². The first kappa shape index (κ1) is 12.5. The van der Waals surface area contributed by atoms with Crippen LogP contribution in [0.2, 0.25) is 0 Å². The van der Waals surface area contributed by atoms with Crippen molar-refractivity contribution in [3.63, 3.8) is 0 Å². The van der Waals surface area contributed by atoms with Gasteiger partial charge >= 0.3 is 6.18 Å². The quantitative estimate of drug-likeness (QED) is 0.867. The van der Waals surface area contributed by atoms with Crippen molar-refractivity contribution in [3.05, 3.63) is 29.6 Å². The lowest BCUT2D eigenvalue weighted by molar-refractivity contribution is -0.137. The minimum atomic E-state index is -4.39. The van der Waals surface area contributed by atoms with Crippen molar-refractivity contribution < 1.29 is 18.0 Å². The molecular weight excluding hydrogens is 221 g/mol. The molecule has 3 nitrogen and oxygen atoms in total. The van der Waals surface area contributed by atoms with Gasteiger partial charge < -0.3 is 5.73 Å². The van der Waals surface area contributed by atoms with Gasteiger partial charge in [-0.1, -0.05) is 6.92 Å². The number of primary amides is 1. The van der Waals surface area contributed by atoms with Crippen LogP contribution in [-0.4, -0.2) is 10.9 Å². The number of hydrogen-bond acceptors (Lipinski definition) is 2. The number of amides is 1. The Labute approximate surface area is 90.5 Å². The van der Waals surface area contributed by atoms with Gasteiger partial charge in [-0.25, -0.2) is 0 Å². The maximum absolute atomic E-state index is 12.2. The van der Waals surface area contributed by atoms with Gasteiger partial charge in [0.2, 0.25) is 5.91 Å². The van der Waals surface area contributed by atoms with Crippen LogP contribution in [0.3, 0.4) is 0 Å². The van der Waals surface area contributed by atoms with E-state index in [0.29, 0.717) is 5.69 Å². The molecule has 0 aromatic carbocycles. The minimum absolute atomic E-state index is 0.0678. The van der Waals surface area contributed by atoms with Crippen molar-refractivity contribution in [2.75, 3.05) is 0 Å². The fourth-order valence-corrected chi connectivity index (χ4v) is 1.27. The molecule has 1 aromatic heterocycles. The topological polar surface area (TPSA) is 56.0 Å². The first-order chi connectivity index (χ1) is 7.30. The van der Waals surface area contributed by atoms with E-state index in [1.165, 1.54) is 6.07 Å². The predicted molar refractivity (Wildman–Crippen MR) is 51.5 cm³/mol. The van der Waals surface area contributed by atoms with Crippen molar-refractivity contribution in [2.45, 2.75) is 25.4 Å². The van der Waals surface area contributed by atoms with Crippen LogP contribution in [0.25, 0.3) is 0 Å². The lowest BCUT2D eigenvalue weighted by atomic mass is 10.0. The van der Waals surface area contributed by atoms with Crippen molar-refractivity contribution in [1.82, 2.24) is 4.98 Å². The van der Waals surface area contributed by atoms with Gasteiger partial charge in [0.25, 0.3) is 0 Å². The number of rotatable bonds is 3. The third kappa shape index (κ3) is 3.22. The third-order valence-corrected chi connectivity index (χ3v) is 2.13. The van der Waals surface area contributed by atoms with Gasteiger partial charge in [-0.3, -0.25) is 9.78 Å². The number of aromatic nitrogens is 1. The van der Waals surface area contributed by atoms with Gasteiger partial charge in [-0.2, -0.15) is 13.2 Å². The summed E-state index contributed by atoms with van der Waals surface area (Å²) in [4.78, 5) is 14.3. The van der Waals surface area contributed by atoms with E-state index in [9.17, 15) is 18.0 Å². The molecular formula is C10H11F3N2O. The average molecular weight is 232 g/mol. The Morgan fingerprint density at radius 2 is 2.12 bits per heavy atom. The van der Waals surface area contributed by atoms with Crippen molar-refractivity contribution in [1.29, 1.82) is 0 Å². The van der Waals surface area contributed by atoms with Gasteiger partial charge in [0.1, 0.15) is 0 Å².